The van der Waals surface area contributed by atoms with Crippen LogP contribution in [0, 0.1) is 0 Å². The highest BCUT2D eigenvalue weighted by Crippen LogP contribution is 2.24. The van der Waals surface area contributed by atoms with E-state index in [1.54, 1.807) is 7.11 Å². The predicted octanol–water partition coefficient (Wildman–Crippen LogP) is -0.814. The Hall–Kier alpha value is -2.24. The van der Waals surface area contributed by atoms with Crippen LogP contribution >= 0.6 is 0 Å². The summed E-state index contributed by atoms with van der Waals surface area (Å²) in [5.41, 5.74) is 1.15. The number of ether oxygens (including phenoxy) is 1. The van der Waals surface area contributed by atoms with Gasteiger partial charge in [0.2, 0.25) is 0 Å². The van der Waals surface area contributed by atoms with Crippen molar-refractivity contribution in [2.45, 2.75) is 37.6 Å². The highest BCUT2D eigenvalue weighted by molar-refractivity contribution is 7.89. The van der Waals surface area contributed by atoms with E-state index < -0.39 is 22.0 Å². The van der Waals surface area contributed by atoms with Crippen LogP contribution in [0.4, 0.5) is 0 Å². The summed E-state index contributed by atoms with van der Waals surface area (Å²) in [5.74, 6) is -0.410. The fourth-order valence-electron chi connectivity index (χ4n) is 2.56. The minimum Gasteiger partial charge on any atom is -0.384 e. The zero-order valence-electron chi connectivity index (χ0n) is 13.9. The van der Waals surface area contributed by atoms with Crippen LogP contribution in [0.25, 0.3) is 0 Å². The monoisotopic (exact) mass is 369 g/mol. The molecule has 1 aliphatic rings. The molecule has 10 nitrogen and oxygen atoms in total. The van der Waals surface area contributed by atoms with E-state index in [-0.39, 0.29) is 18.0 Å². The average molecular weight is 369 g/mol. The van der Waals surface area contributed by atoms with Gasteiger partial charge in [0.05, 0.1) is 31.6 Å². The van der Waals surface area contributed by atoms with E-state index in [2.05, 4.69) is 10.2 Å². The lowest BCUT2D eigenvalue weighted by Gasteiger charge is -2.17. The predicted molar refractivity (Wildman–Crippen MR) is 84.8 cm³/mol. The summed E-state index contributed by atoms with van der Waals surface area (Å²) in [6.45, 7) is 2.66. The molecule has 2 aromatic heterocycles. The molecular weight excluding hydrogens is 350 g/mol. The molecule has 1 N–H and O–H groups in total. The lowest BCUT2D eigenvalue weighted by Crippen LogP contribution is -2.34. The molecule has 3 rings (SSSR count). The molecule has 2 aromatic rings. The van der Waals surface area contributed by atoms with Gasteiger partial charge in [-0.3, -0.25) is 9.48 Å². The third-order valence-corrected chi connectivity index (χ3v) is 5.39. The number of fused-ring (bicyclic) bond motifs is 1. The molecule has 0 saturated carbocycles. The van der Waals surface area contributed by atoms with Crippen molar-refractivity contribution in [2.75, 3.05) is 13.7 Å². The van der Waals surface area contributed by atoms with Gasteiger partial charge < -0.3 is 14.7 Å². The van der Waals surface area contributed by atoms with Crippen LogP contribution in [0.15, 0.2) is 23.5 Å². The van der Waals surface area contributed by atoms with E-state index in [0.29, 0.717) is 24.4 Å². The SMILES string of the molecule is COCCn1cc(S(=O)(=O)n2cc3c(n2)CN(C(=O)C(C)O)C3)cn1. The van der Waals surface area contributed by atoms with Gasteiger partial charge in [-0.05, 0) is 6.92 Å². The van der Waals surface area contributed by atoms with Gasteiger partial charge >= 0.3 is 0 Å². The molecule has 3 heterocycles. The summed E-state index contributed by atoms with van der Waals surface area (Å²) >= 11 is 0. The number of amides is 1. The molecule has 1 unspecified atom stereocenters. The van der Waals surface area contributed by atoms with Crippen LogP contribution in [-0.2, 0) is 39.2 Å². The quantitative estimate of drug-likeness (QED) is 0.707. The molecule has 0 radical (unpaired) electrons. The molecular formula is C14H19N5O5S. The van der Waals surface area contributed by atoms with E-state index in [1.165, 1.54) is 35.1 Å². The van der Waals surface area contributed by atoms with Gasteiger partial charge in [0, 0.05) is 31.6 Å². The van der Waals surface area contributed by atoms with Crippen molar-refractivity contribution >= 4 is 15.9 Å². The molecule has 0 spiro atoms. The Kier molecular flexibility index (Phi) is 4.62. The molecule has 1 aliphatic heterocycles. The largest absolute Gasteiger partial charge is 0.384 e. The first-order valence-corrected chi connectivity index (χ1v) is 9.08. The fourth-order valence-corrected chi connectivity index (χ4v) is 3.69. The maximum atomic E-state index is 12.6. The molecule has 0 aliphatic carbocycles. The maximum absolute atomic E-state index is 12.6. The summed E-state index contributed by atoms with van der Waals surface area (Å²) < 4.78 is 32.6. The number of carbonyl (C=O) groups is 1. The van der Waals surface area contributed by atoms with Crippen LogP contribution in [0.1, 0.15) is 18.2 Å². The van der Waals surface area contributed by atoms with E-state index in [9.17, 15) is 18.3 Å². The minimum atomic E-state index is -3.85. The average Bonchev–Trinajstić information content (AvgIpc) is 3.25. The smallest absolute Gasteiger partial charge is 0.286 e. The van der Waals surface area contributed by atoms with Crippen LogP contribution < -0.4 is 0 Å². The Balaban J connectivity index is 1.79. The third kappa shape index (κ3) is 3.30. The summed E-state index contributed by atoms with van der Waals surface area (Å²) in [7, 11) is -2.29. The number of hydrogen-bond acceptors (Lipinski definition) is 7. The van der Waals surface area contributed by atoms with E-state index in [1.807, 2.05) is 0 Å². The number of aliphatic hydroxyl groups is 1. The molecule has 1 amide bonds. The van der Waals surface area contributed by atoms with Gasteiger partial charge in [0.25, 0.3) is 15.9 Å². The zero-order chi connectivity index (χ0) is 18.2. The summed E-state index contributed by atoms with van der Waals surface area (Å²) in [4.78, 5) is 13.3. The van der Waals surface area contributed by atoms with Crippen LogP contribution in [0.3, 0.4) is 0 Å². The van der Waals surface area contributed by atoms with Crippen molar-refractivity contribution in [3.63, 3.8) is 0 Å². The Morgan fingerprint density at radius 2 is 2.16 bits per heavy atom. The number of nitrogens with zero attached hydrogens (tertiary/aromatic N) is 5. The van der Waals surface area contributed by atoms with E-state index in [4.69, 9.17) is 4.74 Å². The topological polar surface area (TPSA) is 120 Å². The molecule has 0 bridgehead atoms. The van der Waals surface area contributed by atoms with Gasteiger partial charge in [-0.2, -0.15) is 22.7 Å². The van der Waals surface area contributed by atoms with Crippen molar-refractivity contribution in [1.82, 2.24) is 23.9 Å². The minimum absolute atomic E-state index is 0.0293. The van der Waals surface area contributed by atoms with Crippen LogP contribution in [0.2, 0.25) is 0 Å². The zero-order valence-corrected chi connectivity index (χ0v) is 14.7. The summed E-state index contributed by atoms with van der Waals surface area (Å²) in [6, 6.07) is 0. The normalized spacial score (nSPS) is 15.4. The first-order chi connectivity index (χ1) is 11.8. The first-order valence-electron chi connectivity index (χ1n) is 7.64. The third-order valence-electron chi connectivity index (χ3n) is 3.91. The Morgan fingerprint density at radius 1 is 1.40 bits per heavy atom. The number of carbonyl (C=O) groups excluding carboxylic acids is 1. The van der Waals surface area contributed by atoms with E-state index in [0.717, 1.165) is 4.09 Å². The number of rotatable bonds is 6. The maximum Gasteiger partial charge on any atom is 0.286 e. The van der Waals surface area contributed by atoms with Crippen molar-refractivity contribution < 1.29 is 23.1 Å². The highest BCUT2D eigenvalue weighted by atomic mass is 32.2. The number of methoxy groups -OCH3 is 1. The Bertz CT molecular complexity index is 862. The summed E-state index contributed by atoms with van der Waals surface area (Å²) in [5, 5.41) is 17.5. The van der Waals surface area contributed by atoms with Gasteiger partial charge in [0.1, 0.15) is 11.0 Å². The highest BCUT2D eigenvalue weighted by Gasteiger charge is 2.31. The molecule has 0 saturated heterocycles. The second kappa shape index (κ2) is 6.58. The van der Waals surface area contributed by atoms with Crippen molar-refractivity contribution in [3.8, 4) is 0 Å². The molecule has 136 valence electrons. The molecule has 11 heteroatoms. The summed E-state index contributed by atoms with van der Waals surface area (Å²) in [6.07, 6.45) is 2.98. The second-order valence-corrected chi connectivity index (χ2v) is 7.58. The number of aliphatic hydroxyl groups excluding tert-OH is 1. The standard InChI is InChI=1S/C14H19N5O5S/c1-10(20)14(21)17-6-11-7-19(16-13(11)9-17)25(22,23)12-5-15-18(8-12)3-4-24-2/h5,7-8,10,20H,3-4,6,9H2,1-2H3. The molecule has 1 atom stereocenters. The number of hydrogen-bond donors (Lipinski definition) is 1. The molecule has 0 aromatic carbocycles. The van der Waals surface area contributed by atoms with Crippen molar-refractivity contribution in [2.24, 2.45) is 0 Å². The first kappa shape index (κ1) is 17.6. The van der Waals surface area contributed by atoms with Crippen molar-refractivity contribution in [1.29, 1.82) is 0 Å². The Labute approximate surface area is 144 Å². The van der Waals surface area contributed by atoms with Crippen molar-refractivity contribution in [3.05, 3.63) is 29.8 Å². The lowest BCUT2D eigenvalue weighted by molar-refractivity contribution is -0.139. The van der Waals surface area contributed by atoms with Gasteiger partial charge in [-0.15, -0.1) is 0 Å². The van der Waals surface area contributed by atoms with Crippen LogP contribution in [0.5, 0.6) is 0 Å². The molecule has 0 fully saturated rings. The number of aromatic nitrogens is 4. The lowest BCUT2D eigenvalue weighted by atomic mass is 10.3. The van der Waals surface area contributed by atoms with Gasteiger partial charge in [0.15, 0.2) is 0 Å². The molecule has 25 heavy (non-hydrogen) atoms. The van der Waals surface area contributed by atoms with Gasteiger partial charge in [-0.1, -0.05) is 0 Å². The van der Waals surface area contributed by atoms with Crippen LogP contribution in [-0.4, -0.2) is 63.1 Å². The second-order valence-electron chi connectivity index (χ2n) is 5.78. The fraction of sp³-hybridized carbons (Fsp3) is 0.500. The van der Waals surface area contributed by atoms with Gasteiger partial charge in [-0.25, -0.2) is 0 Å². The van der Waals surface area contributed by atoms with E-state index >= 15 is 0 Å². The Morgan fingerprint density at radius 3 is 2.80 bits per heavy atom.